The van der Waals surface area contributed by atoms with E-state index in [1.165, 1.54) is 4.68 Å². The van der Waals surface area contributed by atoms with Crippen molar-refractivity contribution in [3.8, 4) is 0 Å². The first-order valence-corrected chi connectivity index (χ1v) is 4.76. The van der Waals surface area contributed by atoms with Crippen molar-refractivity contribution in [2.75, 3.05) is 11.6 Å². The minimum absolute atomic E-state index is 0.212. The molecule has 14 heavy (non-hydrogen) atoms. The molecular formula is C9H17N5. The Balaban J connectivity index is 2.41. The summed E-state index contributed by atoms with van der Waals surface area (Å²) in [6, 6.07) is 0. The van der Waals surface area contributed by atoms with Gasteiger partial charge in [0.2, 0.25) is 5.95 Å². The highest BCUT2D eigenvalue weighted by atomic mass is 15.4. The van der Waals surface area contributed by atoms with Crippen LogP contribution in [0.4, 0.5) is 5.95 Å². The summed E-state index contributed by atoms with van der Waals surface area (Å²) in [6.45, 7) is 8.84. The van der Waals surface area contributed by atoms with Crippen LogP contribution in [0.15, 0.2) is 0 Å². The zero-order valence-corrected chi connectivity index (χ0v) is 9.07. The van der Waals surface area contributed by atoms with Crippen LogP contribution in [0.1, 0.15) is 39.4 Å². The van der Waals surface area contributed by atoms with E-state index < -0.39 is 0 Å². The lowest BCUT2D eigenvalue weighted by molar-refractivity contribution is 0.457. The topological polar surface area (TPSA) is 82.8 Å². The Bertz CT molecular complexity index is 363. The second kappa shape index (κ2) is 2.21. The van der Waals surface area contributed by atoms with Crippen molar-refractivity contribution < 1.29 is 0 Å². The van der Waals surface area contributed by atoms with E-state index in [9.17, 15) is 0 Å². The predicted molar refractivity (Wildman–Crippen MR) is 54.9 cm³/mol. The molecule has 1 heterocycles. The van der Waals surface area contributed by atoms with Gasteiger partial charge in [0, 0.05) is 5.92 Å². The van der Waals surface area contributed by atoms with Crippen LogP contribution in [0.25, 0.3) is 0 Å². The minimum Gasteiger partial charge on any atom is -0.366 e. The van der Waals surface area contributed by atoms with Crippen molar-refractivity contribution >= 4 is 5.95 Å². The van der Waals surface area contributed by atoms with Crippen molar-refractivity contribution in [2.24, 2.45) is 10.8 Å². The molecule has 0 bridgehead atoms. The largest absolute Gasteiger partial charge is 0.366 e. The maximum absolute atomic E-state index is 5.75. The molecule has 1 aromatic heterocycles. The summed E-state index contributed by atoms with van der Waals surface area (Å²) in [7, 11) is 0. The highest BCUT2D eigenvalue weighted by Crippen LogP contribution is 2.73. The number of hydrogen-bond acceptors (Lipinski definition) is 4. The Morgan fingerprint density at radius 3 is 1.93 bits per heavy atom. The van der Waals surface area contributed by atoms with Crippen LogP contribution in [0.3, 0.4) is 0 Å². The third kappa shape index (κ3) is 0.844. The smallest absolute Gasteiger partial charge is 0.240 e. The Labute approximate surface area is 83.5 Å². The fourth-order valence-electron chi connectivity index (χ4n) is 2.35. The summed E-state index contributed by atoms with van der Waals surface area (Å²) in [5.41, 5.74) is 5.97. The molecule has 0 spiro atoms. The standard InChI is InChI=1S/C9H17N5/c1-8(2)5(9(8,3)4)6-12-13-7(10)14(6)11/h5H,11H2,1-4H3,(H2,10,13). The molecule has 4 N–H and O–H groups in total. The van der Waals surface area contributed by atoms with Crippen LogP contribution in [0.2, 0.25) is 0 Å². The molecule has 0 atom stereocenters. The molecular weight excluding hydrogens is 178 g/mol. The highest BCUT2D eigenvalue weighted by molar-refractivity contribution is 5.30. The maximum atomic E-state index is 5.75. The van der Waals surface area contributed by atoms with E-state index in [0.29, 0.717) is 5.92 Å². The van der Waals surface area contributed by atoms with E-state index in [1.54, 1.807) is 0 Å². The lowest BCUT2D eigenvalue weighted by atomic mass is 10.0. The summed E-state index contributed by atoms with van der Waals surface area (Å²) in [5, 5.41) is 7.81. The van der Waals surface area contributed by atoms with E-state index in [4.69, 9.17) is 11.6 Å². The van der Waals surface area contributed by atoms with E-state index in [1.807, 2.05) is 0 Å². The summed E-state index contributed by atoms with van der Waals surface area (Å²) in [4.78, 5) is 0. The van der Waals surface area contributed by atoms with Gasteiger partial charge in [0.05, 0.1) is 0 Å². The fraction of sp³-hybridized carbons (Fsp3) is 0.778. The molecule has 5 heteroatoms. The maximum Gasteiger partial charge on any atom is 0.240 e. The molecule has 78 valence electrons. The van der Waals surface area contributed by atoms with E-state index in [2.05, 4.69) is 37.9 Å². The quantitative estimate of drug-likeness (QED) is 0.647. The lowest BCUT2D eigenvalue weighted by Crippen LogP contribution is -2.16. The third-order valence-corrected chi connectivity index (χ3v) is 4.03. The van der Waals surface area contributed by atoms with E-state index in [-0.39, 0.29) is 16.8 Å². The van der Waals surface area contributed by atoms with Crippen LogP contribution in [0.5, 0.6) is 0 Å². The lowest BCUT2D eigenvalue weighted by Gasteiger charge is -2.03. The average molecular weight is 195 g/mol. The summed E-state index contributed by atoms with van der Waals surface area (Å²) in [6.07, 6.45) is 0. The summed E-state index contributed by atoms with van der Waals surface area (Å²) < 4.78 is 1.39. The second-order valence-corrected chi connectivity index (χ2v) is 5.16. The number of nitrogens with two attached hydrogens (primary N) is 2. The molecule has 0 amide bonds. The molecule has 0 saturated heterocycles. The van der Waals surface area contributed by atoms with Gasteiger partial charge >= 0.3 is 0 Å². The molecule has 1 aliphatic carbocycles. The van der Waals surface area contributed by atoms with Gasteiger partial charge < -0.3 is 11.6 Å². The summed E-state index contributed by atoms with van der Waals surface area (Å²) in [5.74, 6) is 7.16. The SMILES string of the molecule is CC1(C)C(c2nnc(N)n2N)C1(C)C. The molecule has 1 fully saturated rings. The first-order valence-electron chi connectivity index (χ1n) is 4.76. The van der Waals surface area contributed by atoms with Crippen molar-refractivity contribution in [1.82, 2.24) is 14.9 Å². The van der Waals surface area contributed by atoms with Gasteiger partial charge in [-0.3, -0.25) is 0 Å². The second-order valence-electron chi connectivity index (χ2n) is 5.16. The van der Waals surface area contributed by atoms with Crippen molar-refractivity contribution in [3.63, 3.8) is 0 Å². The number of nitrogen functional groups attached to an aromatic ring is 2. The Hall–Kier alpha value is -1.26. The number of anilines is 1. The minimum atomic E-state index is 0.212. The van der Waals surface area contributed by atoms with Crippen molar-refractivity contribution in [2.45, 2.75) is 33.6 Å². The molecule has 0 aliphatic heterocycles. The normalized spacial score (nSPS) is 23.7. The van der Waals surface area contributed by atoms with Crippen LogP contribution < -0.4 is 11.6 Å². The molecule has 5 nitrogen and oxygen atoms in total. The van der Waals surface area contributed by atoms with Crippen molar-refractivity contribution in [1.29, 1.82) is 0 Å². The van der Waals surface area contributed by atoms with Gasteiger partial charge in [0.1, 0.15) is 0 Å². The zero-order chi connectivity index (χ0) is 10.7. The van der Waals surface area contributed by atoms with Crippen LogP contribution in [-0.4, -0.2) is 14.9 Å². The zero-order valence-electron chi connectivity index (χ0n) is 9.07. The van der Waals surface area contributed by atoms with Gasteiger partial charge in [-0.15, -0.1) is 10.2 Å². The van der Waals surface area contributed by atoms with E-state index >= 15 is 0 Å². The molecule has 2 rings (SSSR count). The third-order valence-electron chi connectivity index (χ3n) is 4.03. The molecule has 1 aliphatic rings. The predicted octanol–water partition coefficient (Wildman–Crippen LogP) is 0.724. The van der Waals surface area contributed by atoms with Gasteiger partial charge in [0.25, 0.3) is 0 Å². The van der Waals surface area contributed by atoms with Gasteiger partial charge in [-0.2, -0.15) is 0 Å². The molecule has 1 aromatic rings. The molecule has 0 radical (unpaired) electrons. The fourth-order valence-corrected chi connectivity index (χ4v) is 2.35. The van der Waals surface area contributed by atoms with E-state index in [0.717, 1.165) is 5.82 Å². The van der Waals surface area contributed by atoms with Crippen LogP contribution in [0, 0.1) is 10.8 Å². The summed E-state index contributed by atoms with van der Waals surface area (Å²) >= 11 is 0. The Morgan fingerprint density at radius 2 is 1.64 bits per heavy atom. The van der Waals surface area contributed by atoms with Gasteiger partial charge in [-0.25, -0.2) is 4.68 Å². The molecule has 0 aromatic carbocycles. The van der Waals surface area contributed by atoms with Gasteiger partial charge in [-0.1, -0.05) is 27.7 Å². The monoisotopic (exact) mass is 195 g/mol. The Kier molecular flexibility index (Phi) is 1.47. The highest BCUT2D eigenvalue weighted by Gasteiger charge is 2.67. The Morgan fingerprint density at radius 1 is 1.14 bits per heavy atom. The van der Waals surface area contributed by atoms with Gasteiger partial charge in [0.15, 0.2) is 5.82 Å². The average Bonchev–Trinajstić information content (AvgIpc) is 2.36. The number of nitrogens with zero attached hydrogens (tertiary/aromatic N) is 3. The van der Waals surface area contributed by atoms with Crippen LogP contribution >= 0.6 is 0 Å². The number of rotatable bonds is 1. The first-order chi connectivity index (χ1) is 6.30. The number of hydrogen-bond donors (Lipinski definition) is 2. The van der Waals surface area contributed by atoms with Crippen LogP contribution in [-0.2, 0) is 0 Å². The molecule has 1 saturated carbocycles. The molecule has 0 unspecified atom stereocenters. The van der Waals surface area contributed by atoms with Crippen molar-refractivity contribution in [3.05, 3.63) is 5.82 Å². The van der Waals surface area contributed by atoms with Gasteiger partial charge in [-0.05, 0) is 10.8 Å². The number of aromatic nitrogens is 3. The first kappa shape index (κ1) is 9.30.